The summed E-state index contributed by atoms with van der Waals surface area (Å²) in [7, 11) is 0. The fourth-order valence-electron chi connectivity index (χ4n) is 2.32. The van der Waals surface area contributed by atoms with E-state index in [9.17, 15) is 9.59 Å². The number of piperidine rings is 1. The zero-order chi connectivity index (χ0) is 14.4. The summed E-state index contributed by atoms with van der Waals surface area (Å²) in [5.74, 6) is 0.311. The fraction of sp³-hybridized carbons (Fsp3) is 0.467. The van der Waals surface area contributed by atoms with Crippen LogP contribution in [-0.2, 0) is 16.1 Å². The van der Waals surface area contributed by atoms with Gasteiger partial charge in [0.05, 0.1) is 4.83 Å². The van der Waals surface area contributed by atoms with Crippen molar-refractivity contribution in [1.29, 1.82) is 0 Å². The third kappa shape index (κ3) is 4.07. The minimum absolute atomic E-state index is 0.106. The molecule has 5 heteroatoms. The number of alkyl halides is 1. The number of halogens is 1. The second-order valence-electron chi connectivity index (χ2n) is 4.95. The first-order valence-corrected chi connectivity index (χ1v) is 7.67. The van der Waals surface area contributed by atoms with Crippen molar-refractivity contribution >= 4 is 28.3 Å². The van der Waals surface area contributed by atoms with Crippen LogP contribution in [0.4, 0.5) is 4.79 Å². The second kappa shape index (κ2) is 7.43. The molecule has 1 amide bonds. The molecule has 4 nitrogen and oxygen atoms in total. The lowest BCUT2D eigenvalue weighted by Crippen LogP contribution is -2.40. The quantitative estimate of drug-likeness (QED) is 0.625. The predicted molar refractivity (Wildman–Crippen MR) is 79.7 cm³/mol. The Morgan fingerprint density at radius 1 is 1.35 bits per heavy atom. The van der Waals surface area contributed by atoms with E-state index in [4.69, 9.17) is 4.74 Å². The molecule has 1 aliphatic rings. The Kier molecular flexibility index (Phi) is 5.59. The summed E-state index contributed by atoms with van der Waals surface area (Å²) >= 11 is 3.35. The summed E-state index contributed by atoms with van der Waals surface area (Å²) in [4.78, 5) is 24.3. The van der Waals surface area contributed by atoms with E-state index in [1.807, 2.05) is 30.3 Å². The number of hydrogen-bond acceptors (Lipinski definition) is 3. The van der Waals surface area contributed by atoms with E-state index in [1.54, 1.807) is 4.90 Å². The van der Waals surface area contributed by atoms with Crippen LogP contribution < -0.4 is 0 Å². The van der Waals surface area contributed by atoms with Gasteiger partial charge in [0.2, 0.25) is 0 Å². The maximum Gasteiger partial charge on any atom is 0.410 e. The molecule has 0 spiro atoms. The first-order valence-electron chi connectivity index (χ1n) is 6.75. The van der Waals surface area contributed by atoms with E-state index in [2.05, 4.69) is 15.9 Å². The Morgan fingerprint density at radius 3 is 2.60 bits per heavy atom. The zero-order valence-electron chi connectivity index (χ0n) is 11.2. The number of amides is 1. The van der Waals surface area contributed by atoms with Gasteiger partial charge >= 0.3 is 6.09 Å². The van der Waals surface area contributed by atoms with Crippen LogP contribution in [0.5, 0.6) is 0 Å². The van der Waals surface area contributed by atoms with Crippen LogP contribution in [-0.4, -0.2) is 35.2 Å². The molecule has 1 aromatic rings. The summed E-state index contributed by atoms with van der Waals surface area (Å²) < 4.78 is 5.30. The van der Waals surface area contributed by atoms with Gasteiger partial charge in [0.15, 0.2) is 0 Å². The van der Waals surface area contributed by atoms with Crippen LogP contribution in [0.2, 0.25) is 0 Å². The largest absolute Gasteiger partial charge is 0.445 e. The molecular weight excluding hydrogens is 322 g/mol. The normalized spacial score (nSPS) is 17.6. The van der Waals surface area contributed by atoms with E-state index in [0.29, 0.717) is 25.6 Å². The maximum absolute atomic E-state index is 11.9. The average molecular weight is 340 g/mol. The van der Waals surface area contributed by atoms with Gasteiger partial charge < -0.3 is 14.4 Å². The van der Waals surface area contributed by atoms with Crippen LogP contribution in [0.15, 0.2) is 30.3 Å². The van der Waals surface area contributed by atoms with Gasteiger partial charge in [0.1, 0.15) is 12.9 Å². The van der Waals surface area contributed by atoms with Gasteiger partial charge in [-0.2, -0.15) is 0 Å². The van der Waals surface area contributed by atoms with E-state index in [1.165, 1.54) is 0 Å². The van der Waals surface area contributed by atoms with Crippen LogP contribution in [0.1, 0.15) is 18.4 Å². The predicted octanol–water partition coefficient (Wildman–Crippen LogP) is 3.00. The second-order valence-corrected chi connectivity index (χ2v) is 6.00. The third-order valence-corrected chi connectivity index (χ3v) is 4.55. The molecule has 0 radical (unpaired) electrons. The van der Waals surface area contributed by atoms with E-state index in [-0.39, 0.29) is 10.9 Å². The highest BCUT2D eigenvalue weighted by Gasteiger charge is 2.27. The van der Waals surface area contributed by atoms with Gasteiger partial charge in [0, 0.05) is 13.1 Å². The van der Waals surface area contributed by atoms with Gasteiger partial charge in [-0.25, -0.2) is 4.79 Å². The number of carbonyl (C=O) groups is 2. The first kappa shape index (κ1) is 15.0. The van der Waals surface area contributed by atoms with Crippen LogP contribution in [0.3, 0.4) is 0 Å². The lowest BCUT2D eigenvalue weighted by atomic mass is 9.94. The number of rotatable bonds is 4. The summed E-state index contributed by atoms with van der Waals surface area (Å²) in [6, 6.07) is 9.63. The van der Waals surface area contributed by atoms with Crippen LogP contribution in [0, 0.1) is 5.92 Å². The molecule has 1 atom stereocenters. The molecule has 0 bridgehead atoms. The SMILES string of the molecule is O=CC(Br)C1CCN(C(=O)OCc2ccccc2)CC1. The standard InChI is InChI=1S/C15H18BrNO3/c16-14(10-18)13-6-8-17(9-7-13)15(19)20-11-12-4-2-1-3-5-12/h1-5,10,13-14H,6-9,11H2. The molecule has 1 aliphatic heterocycles. The van der Waals surface area contributed by atoms with Crippen molar-refractivity contribution in [1.82, 2.24) is 4.90 Å². The molecule has 1 unspecified atom stereocenters. The molecule has 2 rings (SSSR count). The number of benzene rings is 1. The molecule has 20 heavy (non-hydrogen) atoms. The van der Waals surface area contributed by atoms with Crippen molar-refractivity contribution in [2.45, 2.75) is 24.3 Å². The van der Waals surface area contributed by atoms with Crippen molar-refractivity contribution in [2.75, 3.05) is 13.1 Å². The van der Waals surface area contributed by atoms with E-state index >= 15 is 0 Å². The lowest BCUT2D eigenvalue weighted by Gasteiger charge is -2.32. The highest BCUT2D eigenvalue weighted by molar-refractivity contribution is 9.10. The number of ether oxygens (including phenoxy) is 1. The molecule has 108 valence electrons. The van der Waals surface area contributed by atoms with Crippen LogP contribution in [0.25, 0.3) is 0 Å². The van der Waals surface area contributed by atoms with Gasteiger partial charge in [-0.05, 0) is 24.3 Å². The van der Waals surface area contributed by atoms with E-state index in [0.717, 1.165) is 24.7 Å². The Labute approximate surface area is 127 Å². The van der Waals surface area contributed by atoms with Gasteiger partial charge in [0.25, 0.3) is 0 Å². The monoisotopic (exact) mass is 339 g/mol. The summed E-state index contributed by atoms with van der Waals surface area (Å²) in [5, 5.41) is 0. The van der Waals surface area contributed by atoms with Crippen molar-refractivity contribution < 1.29 is 14.3 Å². The minimum Gasteiger partial charge on any atom is -0.445 e. The van der Waals surface area contributed by atoms with Crippen molar-refractivity contribution in [3.63, 3.8) is 0 Å². The first-order chi connectivity index (χ1) is 9.70. The molecule has 1 heterocycles. The molecule has 0 aliphatic carbocycles. The van der Waals surface area contributed by atoms with E-state index < -0.39 is 0 Å². The summed E-state index contributed by atoms with van der Waals surface area (Å²) in [5.41, 5.74) is 0.984. The number of carbonyl (C=O) groups excluding carboxylic acids is 2. The molecule has 1 fully saturated rings. The van der Waals surface area contributed by atoms with Crippen molar-refractivity contribution in [2.24, 2.45) is 5.92 Å². The van der Waals surface area contributed by atoms with Crippen LogP contribution >= 0.6 is 15.9 Å². The molecule has 0 saturated carbocycles. The van der Waals surface area contributed by atoms with Gasteiger partial charge in [-0.1, -0.05) is 46.3 Å². The summed E-state index contributed by atoms with van der Waals surface area (Å²) in [6.45, 7) is 1.59. The Bertz CT molecular complexity index is 444. The highest BCUT2D eigenvalue weighted by Crippen LogP contribution is 2.24. The fourth-order valence-corrected chi connectivity index (χ4v) is 2.85. The molecule has 0 aromatic heterocycles. The van der Waals surface area contributed by atoms with Gasteiger partial charge in [-0.15, -0.1) is 0 Å². The lowest BCUT2D eigenvalue weighted by molar-refractivity contribution is -0.108. The third-order valence-electron chi connectivity index (χ3n) is 3.58. The zero-order valence-corrected chi connectivity index (χ0v) is 12.8. The number of hydrogen-bond donors (Lipinski definition) is 0. The Hall–Kier alpha value is -1.36. The van der Waals surface area contributed by atoms with Gasteiger partial charge in [-0.3, -0.25) is 0 Å². The summed E-state index contributed by atoms with van der Waals surface area (Å²) in [6.07, 6.45) is 2.31. The number of aldehydes is 1. The molecule has 0 N–H and O–H groups in total. The Balaban J connectivity index is 1.76. The highest BCUT2D eigenvalue weighted by atomic mass is 79.9. The average Bonchev–Trinajstić information content (AvgIpc) is 2.53. The maximum atomic E-state index is 11.9. The Morgan fingerprint density at radius 2 is 2.00 bits per heavy atom. The molecular formula is C15H18BrNO3. The topological polar surface area (TPSA) is 46.6 Å². The smallest absolute Gasteiger partial charge is 0.410 e. The minimum atomic E-state index is -0.274. The van der Waals surface area contributed by atoms with Crippen molar-refractivity contribution in [3.8, 4) is 0 Å². The molecule has 1 aromatic carbocycles. The number of likely N-dealkylation sites (tertiary alicyclic amines) is 1. The number of nitrogens with zero attached hydrogens (tertiary/aromatic N) is 1. The molecule has 1 saturated heterocycles. The van der Waals surface area contributed by atoms with Crippen molar-refractivity contribution in [3.05, 3.63) is 35.9 Å².